The van der Waals surface area contributed by atoms with Crippen LogP contribution in [0.2, 0.25) is 5.02 Å². The number of para-hydroxylation sites is 1. The number of nitrogens with one attached hydrogen (secondary N) is 2. The smallest absolute Gasteiger partial charge is 0.273 e. The summed E-state index contributed by atoms with van der Waals surface area (Å²) < 4.78 is 0. The van der Waals surface area contributed by atoms with Gasteiger partial charge in [0.15, 0.2) is 5.13 Å². The van der Waals surface area contributed by atoms with Gasteiger partial charge in [0.1, 0.15) is 5.69 Å². The quantitative estimate of drug-likeness (QED) is 0.584. The summed E-state index contributed by atoms with van der Waals surface area (Å²) in [5.41, 5.74) is 2.05. The molecule has 0 aliphatic carbocycles. The highest BCUT2D eigenvalue weighted by Crippen LogP contribution is 2.27. The van der Waals surface area contributed by atoms with E-state index >= 15 is 0 Å². The van der Waals surface area contributed by atoms with Crippen LogP contribution in [0.15, 0.2) is 54.2 Å². The lowest BCUT2D eigenvalue weighted by Gasteiger charge is -2.31. The van der Waals surface area contributed by atoms with E-state index in [9.17, 15) is 9.59 Å². The number of pyridine rings is 1. The number of carbonyl (C=O) groups is 2. The van der Waals surface area contributed by atoms with Crippen LogP contribution < -0.4 is 10.6 Å². The van der Waals surface area contributed by atoms with Gasteiger partial charge in [-0.1, -0.05) is 29.8 Å². The molecule has 2 aromatic heterocycles. The molecule has 3 heterocycles. The van der Waals surface area contributed by atoms with E-state index in [1.807, 2.05) is 30.3 Å². The summed E-state index contributed by atoms with van der Waals surface area (Å²) in [6.07, 6.45) is 4.97. The summed E-state index contributed by atoms with van der Waals surface area (Å²) in [6.45, 7) is 1.44. The Hall–Kier alpha value is -2.97. The van der Waals surface area contributed by atoms with Gasteiger partial charge >= 0.3 is 0 Å². The van der Waals surface area contributed by atoms with E-state index in [1.165, 1.54) is 11.3 Å². The Kier molecular flexibility index (Phi) is 6.79. The molecule has 3 aromatic rings. The molecule has 0 bridgehead atoms. The molecule has 31 heavy (non-hydrogen) atoms. The lowest BCUT2D eigenvalue weighted by atomic mass is 9.97. The number of rotatable bonds is 6. The fourth-order valence-corrected chi connectivity index (χ4v) is 4.36. The number of aromatic nitrogens is 2. The van der Waals surface area contributed by atoms with E-state index in [0.29, 0.717) is 35.5 Å². The van der Waals surface area contributed by atoms with Crippen LogP contribution in [0.1, 0.15) is 28.9 Å². The van der Waals surface area contributed by atoms with Crippen molar-refractivity contribution < 1.29 is 9.59 Å². The molecule has 1 aromatic carbocycles. The van der Waals surface area contributed by atoms with Gasteiger partial charge in [-0.25, -0.2) is 4.98 Å². The summed E-state index contributed by atoms with van der Waals surface area (Å²) >= 11 is 7.52. The van der Waals surface area contributed by atoms with Crippen molar-refractivity contribution in [1.29, 1.82) is 0 Å². The predicted octanol–water partition coefficient (Wildman–Crippen LogP) is 4.10. The number of halogens is 1. The maximum atomic E-state index is 13.0. The van der Waals surface area contributed by atoms with Crippen LogP contribution in [0.4, 0.5) is 10.8 Å². The highest BCUT2D eigenvalue weighted by Gasteiger charge is 2.29. The molecule has 2 N–H and O–H groups in total. The number of thiazole rings is 1. The lowest BCUT2D eigenvalue weighted by Crippen LogP contribution is -2.45. The number of hydrogen-bond donors (Lipinski definition) is 2. The Morgan fingerprint density at radius 2 is 2.10 bits per heavy atom. The van der Waals surface area contributed by atoms with Crippen molar-refractivity contribution in [2.24, 2.45) is 5.92 Å². The zero-order valence-corrected chi connectivity index (χ0v) is 18.3. The zero-order valence-electron chi connectivity index (χ0n) is 16.8. The second-order valence-corrected chi connectivity index (χ2v) is 8.58. The van der Waals surface area contributed by atoms with Gasteiger partial charge in [0.2, 0.25) is 5.91 Å². The van der Waals surface area contributed by atoms with Crippen molar-refractivity contribution in [1.82, 2.24) is 20.2 Å². The van der Waals surface area contributed by atoms with E-state index < -0.39 is 0 Å². The minimum absolute atomic E-state index is 0.0410. The summed E-state index contributed by atoms with van der Waals surface area (Å²) in [5, 5.41) is 9.01. The number of piperidine rings is 1. The van der Waals surface area contributed by atoms with Crippen LogP contribution in [0.25, 0.3) is 0 Å². The van der Waals surface area contributed by atoms with Gasteiger partial charge in [-0.3, -0.25) is 14.6 Å². The maximum absolute atomic E-state index is 13.0. The molecule has 0 saturated carbocycles. The Bertz CT molecular complexity index is 1060. The number of likely N-dealkylation sites (tertiary alicyclic amines) is 1. The molecule has 0 spiro atoms. The van der Waals surface area contributed by atoms with Gasteiger partial charge in [0.25, 0.3) is 5.91 Å². The van der Waals surface area contributed by atoms with Crippen molar-refractivity contribution in [3.63, 3.8) is 0 Å². The second-order valence-electron chi connectivity index (χ2n) is 7.31. The van der Waals surface area contributed by atoms with Crippen LogP contribution in [0, 0.1) is 5.92 Å². The molecule has 1 aliphatic heterocycles. The molecule has 0 radical (unpaired) electrons. The van der Waals surface area contributed by atoms with Gasteiger partial charge < -0.3 is 15.5 Å². The van der Waals surface area contributed by atoms with E-state index in [1.54, 1.807) is 28.7 Å². The predicted molar refractivity (Wildman–Crippen MR) is 122 cm³/mol. The minimum atomic E-state index is -0.228. The number of anilines is 2. The topological polar surface area (TPSA) is 87.2 Å². The molecule has 2 amide bonds. The van der Waals surface area contributed by atoms with Crippen LogP contribution in [0.5, 0.6) is 0 Å². The fourth-order valence-electron chi connectivity index (χ4n) is 3.48. The second kappa shape index (κ2) is 9.89. The van der Waals surface area contributed by atoms with Crippen LogP contribution in [0.3, 0.4) is 0 Å². The van der Waals surface area contributed by atoms with Crippen molar-refractivity contribution in [2.45, 2.75) is 19.4 Å². The van der Waals surface area contributed by atoms with E-state index in [4.69, 9.17) is 11.6 Å². The van der Waals surface area contributed by atoms with Crippen LogP contribution in [-0.2, 0) is 11.3 Å². The fraction of sp³-hybridized carbons (Fsp3) is 0.273. The van der Waals surface area contributed by atoms with Crippen LogP contribution >= 0.6 is 22.9 Å². The monoisotopic (exact) mass is 455 g/mol. The Morgan fingerprint density at radius 1 is 1.23 bits per heavy atom. The highest BCUT2D eigenvalue weighted by molar-refractivity contribution is 7.14. The molecule has 1 aliphatic rings. The lowest BCUT2D eigenvalue weighted by molar-refractivity contribution is -0.126. The Labute approximate surface area is 189 Å². The molecule has 1 saturated heterocycles. The molecule has 1 atom stereocenters. The van der Waals surface area contributed by atoms with Crippen molar-refractivity contribution in [3.05, 3.63) is 70.5 Å². The highest BCUT2D eigenvalue weighted by atomic mass is 35.5. The molecule has 7 nitrogen and oxygen atoms in total. The molecule has 4 rings (SSSR count). The maximum Gasteiger partial charge on any atom is 0.273 e. The van der Waals surface area contributed by atoms with Gasteiger partial charge in [-0.15, -0.1) is 11.3 Å². The van der Waals surface area contributed by atoms with Gasteiger partial charge in [-0.05, 0) is 36.6 Å². The average molecular weight is 456 g/mol. The van der Waals surface area contributed by atoms with Crippen molar-refractivity contribution in [2.75, 3.05) is 18.4 Å². The Balaban J connectivity index is 1.35. The van der Waals surface area contributed by atoms with Gasteiger partial charge in [0.05, 0.1) is 16.6 Å². The first-order valence-electron chi connectivity index (χ1n) is 10.0. The van der Waals surface area contributed by atoms with Crippen molar-refractivity contribution >= 4 is 45.6 Å². The Morgan fingerprint density at radius 3 is 2.90 bits per heavy atom. The van der Waals surface area contributed by atoms with Crippen molar-refractivity contribution in [3.8, 4) is 0 Å². The first-order valence-corrected chi connectivity index (χ1v) is 11.3. The summed E-state index contributed by atoms with van der Waals surface area (Å²) in [7, 11) is 0. The SMILES string of the molecule is O=C(NCc1cccnc1)[C@H]1CCCN(C(=O)c2csc(Nc3ccccc3Cl)n2)C1. The standard InChI is InChI=1S/C22H22ClN5O2S/c23-17-7-1-2-8-18(17)26-22-27-19(14-31-22)21(30)28-10-4-6-16(13-28)20(29)25-12-15-5-3-9-24-11-15/h1-3,5,7-9,11,14,16H,4,6,10,12-13H2,(H,25,29)(H,26,27)/t16-/m0/s1. The van der Waals surface area contributed by atoms with Gasteiger partial charge in [-0.2, -0.15) is 0 Å². The molecule has 1 fully saturated rings. The third-order valence-corrected chi connectivity index (χ3v) is 6.19. The average Bonchev–Trinajstić information content (AvgIpc) is 3.28. The minimum Gasteiger partial charge on any atom is -0.352 e. The van der Waals surface area contributed by atoms with E-state index in [0.717, 1.165) is 24.1 Å². The zero-order chi connectivity index (χ0) is 21.6. The number of carbonyl (C=O) groups excluding carboxylic acids is 2. The molecular formula is C22H22ClN5O2S. The summed E-state index contributed by atoms with van der Waals surface area (Å²) in [4.78, 5) is 35.8. The normalized spacial score (nSPS) is 16.0. The third kappa shape index (κ3) is 5.39. The summed E-state index contributed by atoms with van der Waals surface area (Å²) in [6, 6.07) is 11.1. The molecule has 9 heteroatoms. The first-order chi connectivity index (χ1) is 15.1. The number of hydrogen-bond acceptors (Lipinski definition) is 6. The van der Waals surface area contributed by atoms with E-state index in [2.05, 4.69) is 20.6 Å². The van der Waals surface area contributed by atoms with Crippen LogP contribution in [-0.4, -0.2) is 39.8 Å². The number of amides is 2. The summed E-state index contributed by atoms with van der Waals surface area (Å²) in [5.74, 6) is -0.428. The molecular weight excluding hydrogens is 434 g/mol. The molecule has 0 unspecified atom stereocenters. The van der Waals surface area contributed by atoms with Gasteiger partial charge in [0, 0.05) is 37.4 Å². The first kappa shape index (κ1) is 21.3. The third-order valence-electron chi connectivity index (χ3n) is 5.11. The molecule has 160 valence electrons. The largest absolute Gasteiger partial charge is 0.352 e. The number of benzene rings is 1. The van der Waals surface area contributed by atoms with E-state index in [-0.39, 0.29) is 17.7 Å². The number of nitrogens with zero attached hydrogens (tertiary/aromatic N) is 3.